The smallest absolute Gasteiger partial charge is 0.135 e. The predicted molar refractivity (Wildman–Crippen MR) is 189 cm³/mol. The summed E-state index contributed by atoms with van der Waals surface area (Å²) in [7, 11) is 0. The number of benzene rings is 9. The SMILES string of the molecule is [2H]c1c([2H])c2c3c(c([2H])c(-c4cccc(-c5ccc6ccc7c(-c8ccccc8)ccc8ccc5c6c87)c4)c([2H])c3c1[2H])-c1ccccc1O2. The molecule has 1 aliphatic rings. The van der Waals surface area contributed by atoms with E-state index in [9.17, 15) is 2.74 Å². The summed E-state index contributed by atoms with van der Waals surface area (Å²) in [5.41, 5.74) is 6.63. The van der Waals surface area contributed by atoms with Gasteiger partial charge in [-0.1, -0.05) is 127 Å². The van der Waals surface area contributed by atoms with Crippen LogP contribution in [0.1, 0.15) is 6.85 Å². The zero-order valence-electron chi connectivity index (χ0n) is 29.0. The number of rotatable bonds is 3. The lowest BCUT2D eigenvalue weighted by molar-refractivity contribution is 0.487. The molecule has 10 rings (SSSR count). The highest BCUT2D eigenvalue weighted by molar-refractivity contribution is 6.27. The third-order valence-electron chi connectivity index (χ3n) is 9.17. The van der Waals surface area contributed by atoms with Gasteiger partial charge >= 0.3 is 0 Å². The van der Waals surface area contributed by atoms with E-state index < -0.39 is 0 Å². The molecule has 0 radical (unpaired) electrons. The third-order valence-corrected chi connectivity index (χ3v) is 9.17. The standard InChI is InChI=1S/C44H26O/c1-2-8-27(9-3-1)34-20-16-28-19-23-38-35(21-17-29-18-22-37(34)43(28)44(29)38)31-11-6-10-30(24-31)33-25-32-12-7-15-41-42(32)39(26-33)36-13-4-5-14-40(36)45-41/h1-26H/i7D,12D,15D,25D,26D. The summed E-state index contributed by atoms with van der Waals surface area (Å²) in [4.78, 5) is 0. The van der Waals surface area contributed by atoms with E-state index in [1.54, 1.807) is 6.07 Å². The van der Waals surface area contributed by atoms with Gasteiger partial charge in [0, 0.05) is 10.9 Å². The molecule has 0 amide bonds. The second kappa shape index (κ2) is 9.29. The number of hydrogen-bond acceptors (Lipinski definition) is 1. The number of para-hydroxylation sites is 1. The average Bonchev–Trinajstić information content (AvgIpc) is 3.15. The highest BCUT2D eigenvalue weighted by atomic mass is 16.5. The minimum Gasteiger partial charge on any atom is -0.456 e. The van der Waals surface area contributed by atoms with E-state index in [0.717, 1.165) is 16.5 Å². The number of fused-ring (bicyclic) bond motifs is 2. The van der Waals surface area contributed by atoms with E-state index >= 15 is 0 Å². The van der Waals surface area contributed by atoms with Gasteiger partial charge in [0.25, 0.3) is 0 Å². The summed E-state index contributed by atoms with van der Waals surface area (Å²) in [5, 5.41) is 7.72. The van der Waals surface area contributed by atoms with Crippen molar-refractivity contribution >= 4 is 43.1 Å². The van der Waals surface area contributed by atoms with E-state index in [-0.39, 0.29) is 41.3 Å². The normalized spacial score (nSPS) is 13.7. The molecule has 0 aliphatic carbocycles. The van der Waals surface area contributed by atoms with E-state index in [1.165, 1.54) is 38.1 Å². The summed E-state index contributed by atoms with van der Waals surface area (Å²) < 4.78 is 51.1. The molecule has 0 fully saturated rings. The fraction of sp³-hybridized carbons (Fsp3) is 0. The van der Waals surface area contributed by atoms with Crippen LogP contribution < -0.4 is 4.74 Å². The molecule has 0 spiro atoms. The number of hydrogen-bond donors (Lipinski definition) is 0. The summed E-state index contributed by atoms with van der Waals surface area (Å²) in [6, 6.07) is 42.7. The average molecular weight is 576 g/mol. The molecule has 0 aromatic heterocycles. The second-order valence-corrected chi connectivity index (χ2v) is 11.6. The van der Waals surface area contributed by atoms with Crippen molar-refractivity contribution in [1.29, 1.82) is 0 Å². The predicted octanol–water partition coefficient (Wildman–Crippen LogP) is 12.5. The molecular formula is C44H26O. The zero-order valence-corrected chi connectivity index (χ0v) is 24.0. The van der Waals surface area contributed by atoms with Crippen molar-refractivity contribution < 1.29 is 11.6 Å². The second-order valence-electron chi connectivity index (χ2n) is 11.6. The van der Waals surface area contributed by atoms with Crippen molar-refractivity contribution in [2.75, 3.05) is 0 Å². The zero-order chi connectivity index (χ0) is 33.8. The summed E-state index contributed by atoms with van der Waals surface area (Å²) >= 11 is 0. The Morgan fingerprint density at radius 2 is 1.07 bits per heavy atom. The molecule has 208 valence electrons. The van der Waals surface area contributed by atoms with Crippen LogP contribution in [0.4, 0.5) is 0 Å². The van der Waals surface area contributed by atoms with Gasteiger partial charge in [0.2, 0.25) is 0 Å². The molecule has 0 saturated heterocycles. The third kappa shape index (κ3) is 3.62. The van der Waals surface area contributed by atoms with E-state index in [0.29, 0.717) is 33.4 Å². The quantitative estimate of drug-likeness (QED) is 0.190. The summed E-state index contributed by atoms with van der Waals surface area (Å²) in [6.45, 7) is 0. The van der Waals surface area contributed by atoms with Crippen LogP contribution in [0, 0.1) is 0 Å². The minimum atomic E-state index is -0.298. The Hall–Kier alpha value is -5.92. The topological polar surface area (TPSA) is 9.23 Å². The van der Waals surface area contributed by atoms with Crippen LogP contribution in [0.3, 0.4) is 0 Å². The van der Waals surface area contributed by atoms with Crippen molar-refractivity contribution in [2.24, 2.45) is 0 Å². The first-order chi connectivity index (χ1) is 24.4. The molecule has 45 heavy (non-hydrogen) atoms. The number of ether oxygens (including phenoxy) is 1. The maximum absolute atomic E-state index is 9.56. The molecule has 1 aliphatic heterocycles. The van der Waals surface area contributed by atoms with Crippen LogP contribution in [-0.4, -0.2) is 0 Å². The van der Waals surface area contributed by atoms with E-state index in [2.05, 4.69) is 78.9 Å². The molecular weight excluding hydrogens is 544 g/mol. The van der Waals surface area contributed by atoms with Gasteiger partial charge in [-0.05, 0) is 107 Å². The maximum atomic E-state index is 9.56. The lowest BCUT2D eigenvalue weighted by Gasteiger charge is -2.22. The Labute approximate surface area is 267 Å². The largest absolute Gasteiger partial charge is 0.456 e. The van der Waals surface area contributed by atoms with E-state index in [4.69, 9.17) is 8.85 Å². The first-order valence-corrected chi connectivity index (χ1v) is 15.1. The van der Waals surface area contributed by atoms with Crippen molar-refractivity contribution in [1.82, 2.24) is 0 Å². The molecule has 0 bridgehead atoms. The van der Waals surface area contributed by atoms with Crippen molar-refractivity contribution in [2.45, 2.75) is 0 Å². The monoisotopic (exact) mass is 575 g/mol. The molecule has 0 atom stereocenters. The van der Waals surface area contributed by atoms with Gasteiger partial charge < -0.3 is 4.74 Å². The highest BCUT2D eigenvalue weighted by Gasteiger charge is 2.21. The fourth-order valence-corrected chi connectivity index (χ4v) is 7.12. The van der Waals surface area contributed by atoms with Gasteiger partial charge in [0.1, 0.15) is 11.5 Å². The van der Waals surface area contributed by atoms with Gasteiger partial charge in [-0.25, -0.2) is 0 Å². The molecule has 1 heteroatoms. The van der Waals surface area contributed by atoms with Crippen LogP contribution in [0.25, 0.3) is 87.6 Å². The van der Waals surface area contributed by atoms with Crippen LogP contribution in [-0.2, 0) is 0 Å². The molecule has 0 unspecified atom stereocenters. The summed E-state index contributed by atoms with van der Waals surface area (Å²) in [5.74, 6) is 0.614. The van der Waals surface area contributed by atoms with Gasteiger partial charge in [-0.3, -0.25) is 0 Å². The summed E-state index contributed by atoms with van der Waals surface area (Å²) in [6.07, 6.45) is 0. The lowest BCUT2D eigenvalue weighted by atomic mass is 9.86. The first kappa shape index (κ1) is 20.1. The van der Waals surface area contributed by atoms with Gasteiger partial charge in [-0.2, -0.15) is 0 Å². The molecule has 1 nitrogen and oxygen atoms in total. The van der Waals surface area contributed by atoms with Crippen molar-refractivity contribution in [3.63, 3.8) is 0 Å². The Bertz CT molecular complexity index is 2900. The van der Waals surface area contributed by atoms with Crippen LogP contribution in [0.5, 0.6) is 11.5 Å². The lowest BCUT2D eigenvalue weighted by Crippen LogP contribution is -1.97. The van der Waals surface area contributed by atoms with Gasteiger partial charge in [0.15, 0.2) is 0 Å². The van der Waals surface area contributed by atoms with E-state index in [1.807, 2.05) is 42.5 Å². The first-order valence-electron chi connectivity index (χ1n) is 17.6. The fourth-order valence-electron chi connectivity index (χ4n) is 7.12. The molecule has 9 aromatic carbocycles. The molecule has 9 aromatic rings. The minimum absolute atomic E-state index is 0.0162. The van der Waals surface area contributed by atoms with Gasteiger partial charge in [-0.15, -0.1) is 0 Å². The Kier molecular flexibility index (Phi) is 4.15. The van der Waals surface area contributed by atoms with Crippen LogP contribution in [0.15, 0.2) is 158 Å². The van der Waals surface area contributed by atoms with Crippen molar-refractivity contribution in [3.8, 4) is 56.0 Å². The Balaban J connectivity index is 1.22. The maximum Gasteiger partial charge on any atom is 0.135 e. The Morgan fingerprint density at radius 3 is 1.87 bits per heavy atom. The Morgan fingerprint density at radius 1 is 0.400 bits per heavy atom. The highest BCUT2D eigenvalue weighted by Crippen LogP contribution is 2.48. The molecule has 0 saturated carbocycles. The molecule has 1 heterocycles. The van der Waals surface area contributed by atoms with Crippen LogP contribution >= 0.6 is 0 Å². The van der Waals surface area contributed by atoms with Crippen LogP contribution in [0.2, 0.25) is 0 Å². The van der Waals surface area contributed by atoms with Crippen molar-refractivity contribution in [3.05, 3.63) is 158 Å². The molecule has 0 N–H and O–H groups in total. The van der Waals surface area contributed by atoms with Gasteiger partial charge in [0.05, 0.1) is 6.85 Å².